The molecule has 0 saturated carbocycles. The van der Waals surface area contributed by atoms with Crippen LogP contribution in [0.15, 0.2) is 36.7 Å². The smallest absolute Gasteiger partial charge is 0.197 e. The van der Waals surface area contributed by atoms with Gasteiger partial charge >= 0.3 is 0 Å². The van der Waals surface area contributed by atoms with Crippen LogP contribution in [0.5, 0.6) is 5.75 Å². The molecule has 0 aliphatic heterocycles. The summed E-state index contributed by atoms with van der Waals surface area (Å²) >= 11 is 5.63. The van der Waals surface area contributed by atoms with Crippen LogP contribution >= 0.6 is 11.6 Å². The molecule has 0 saturated heterocycles. The highest BCUT2D eigenvalue weighted by atomic mass is 35.5. The van der Waals surface area contributed by atoms with Crippen molar-refractivity contribution >= 4 is 17.4 Å². The Morgan fingerprint density at radius 1 is 1.33 bits per heavy atom. The number of ether oxygens (including phenoxy) is 1. The fraction of sp³-hybridized carbons (Fsp3) is 0.0769. The molecule has 0 bridgehead atoms. The standard InChI is InChI=1S/C13H9ClFNO2/c1-18-10-4-8(6-16-7-10)13(17)11-3-2-9(14)5-12(11)15/h2-7H,1H3. The van der Waals surface area contributed by atoms with E-state index in [0.29, 0.717) is 5.75 Å². The molecule has 5 heteroatoms. The van der Waals surface area contributed by atoms with Crippen molar-refractivity contribution in [3.63, 3.8) is 0 Å². The lowest BCUT2D eigenvalue weighted by Gasteiger charge is -2.04. The molecule has 0 aliphatic rings. The highest BCUT2D eigenvalue weighted by Crippen LogP contribution is 2.19. The number of ketones is 1. The summed E-state index contributed by atoms with van der Waals surface area (Å²) in [6.07, 6.45) is 2.83. The maximum absolute atomic E-state index is 13.6. The third kappa shape index (κ3) is 2.49. The van der Waals surface area contributed by atoms with Gasteiger partial charge in [-0.3, -0.25) is 9.78 Å². The number of methoxy groups -OCH3 is 1. The third-order valence-electron chi connectivity index (χ3n) is 2.39. The number of pyridine rings is 1. The van der Waals surface area contributed by atoms with Gasteiger partial charge in [-0.15, -0.1) is 0 Å². The predicted molar refractivity (Wildman–Crippen MR) is 65.6 cm³/mol. The molecule has 1 heterocycles. The van der Waals surface area contributed by atoms with Crippen molar-refractivity contribution in [2.24, 2.45) is 0 Å². The van der Waals surface area contributed by atoms with Gasteiger partial charge in [0.1, 0.15) is 11.6 Å². The van der Waals surface area contributed by atoms with Crippen LogP contribution in [0.25, 0.3) is 0 Å². The van der Waals surface area contributed by atoms with E-state index < -0.39 is 11.6 Å². The molecule has 2 aromatic rings. The van der Waals surface area contributed by atoms with E-state index in [2.05, 4.69) is 4.98 Å². The topological polar surface area (TPSA) is 39.2 Å². The van der Waals surface area contributed by atoms with Gasteiger partial charge in [0.25, 0.3) is 0 Å². The Kier molecular flexibility index (Phi) is 3.58. The summed E-state index contributed by atoms with van der Waals surface area (Å²) in [6.45, 7) is 0. The van der Waals surface area contributed by atoms with Gasteiger partial charge in [0.2, 0.25) is 0 Å². The highest BCUT2D eigenvalue weighted by molar-refractivity contribution is 6.30. The molecule has 3 nitrogen and oxygen atoms in total. The number of hydrogen-bond donors (Lipinski definition) is 0. The maximum atomic E-state index is 13.6. The minimum absolute atomic E-state index is 0.0468. The molecule has 0 unspecified atom stereocenters. The first-order valence-corrected chi connectivity index (χ1v) is 5.48. The second kappa shape index (κ2) is 5.14. The normalized spacial score (nSPS) is 10.2. The van der Waals surface area contributed by atoms with Crippen molar-refractivity contribution in [1.82, 2.24) is 4.98 Å². The summed E-state index contributed by atoms with van der Waals surface area (Å²) in [6, 6.07) is 5.41. The van der Waals surface area contributed by atoms with Crippen LogP contribution in [0.1, 0.15) is 15.9 Å². The van der Waals surface area contributed by atoms with Gasteiger partial charge in [-0.25, -0.2) is 4.39 Å². The number of carbonyl (C=O) groups is 1. The third-order valence-corrected chi connectivity index (χ3v) is 2.62. The lowest BCUT2D eigenvalue weighted by molar-refractivity contribution is 0.103. The lowest BCUT2D eigenvalue weighted by Crippen LogP contribution is -2.05. The molecule has 0 radical (unpaired) electrons. The van der Waals surface area contributed by atoms with Crippen molar-refractivity contribution in [2.45, 2.75) is 0 Å². The molecule has 1 aromatic carbocycles. The highest BCUT2D eigenvalue weighted by Gasteiger charge is 2.15. The van der Waals surface area contributed by atoms with Crippen LogP contribution in [0.4, 0.5) is 4.39 Å². The van der Waals surface area contributed by atoms with Crippen molar-refractivity contribution in [2.75, 3.05) is 7.11 Å². The number of nitrogens with zero attached hydrogens (tertiary/aromatic N) is 1. The van der Waals surface area contributed by atoms with E-state index >= 15 is 0 Å². The Hall–Kier alpha value is -1.94. The Bertz CT molecular complexity index is 601. The van der Waals surface area contributed by atoms with Gasteiger partial charge in [0.15, 0.2) is 5.78 Å². The maximum Gasteiger partial charge on any atom is 0.197 e. The summed E-state index contributed by atoms with van der Waals surface area (Å²) in [5.41, 5.74) is 0.213. The zero-order valence-electron chi connectivity index (χ0n) is 9.48. The van der Waals surface area contributed by atoms with Crippen LogP contribution in [-0.4, -0.2) is 17.9 Å². The summed E-state index contributed by atoms with van der Waals surface area (Å²) in [7, 11) is 1.47. The Morgan fingerprint density at radius 2 is 2.11 bits per heavy atom. The lowest BCUT2D eigenvalue weighted by atomic mass is 10.0. The Labute approximate surface area is 108 Å². The first kappa shape index (κ1) is 12.5. The average Bonchev–Trinajstić information content (AvgIpc) is 2.38. The molecule has 0 amide bonds. The van der Waals surface area contributed by atoms with E-state index in [1.165, 1.54) is 37.7 Å². The monoisotopic (exact) mass is 265 g/mol. The Balaban J connectivity index is 2.41. The zero-order chi connectivity index (χ0) is 13.1. The van der Waals surface area contributed by atoms with Gasteiger partial charge in [0.05, 0.1) is 18.9 Å². The van der Waals surface area contributed by atoms with E-state index in [1.807, 2.05) is 0 Å². The molecular formula is C13H9ClFNO2. The number of aromatic nitrogens is 1. The van der Waals surface area contributed by atoms with Gasteiger partial charge in [-0.2, -0.15) is 0 Å². The van der Waals surface area contributed by atoms with Crippen molar-refractivity contribution in [3.8, 4) is 5.75 Å². The van der Waals surface area contributed by atoms with E-state index in [-0.39, 0.29) is 16.1 Å². The summed E-state index contributed by atoms with van der Waals surface area (Å²) < 4.78 is 18.6. The SMILES string of the molecule is COc1cncc(C(=O)c2ccc(Cl)cc2F)c1. The predicted octanol–water partition coefficient (Wildman–Crippen LogP) is 3.11. The van der Waals surface area contributed by atoms with Gasteiger partial charge in [-0.1, -0.05) is 11.6 Å². The van der Waals surface area contributed by atoms with Gasteiger partial charge in [-0.05, 0) is 24.3 Å². The second-order valence-electron chi connectivity index (χ2n) is 3.57. The van der Waals surface area contributed by atoms with Gasteiger partial charge in [0, 0.05) is 16.8 Å². The molecule has 0 aliphatic carbocycles. The first-order valence-electron chi connectivity index (χ1n) is 5.10. The quantitative estimate of drug-likeness (QED) is 0.801. The van der Waals surface area contributed by atoms with Crippen molar-refractivity contribution in [1.29, 1.82) is 0 Å². The molecule has 0 fully saturated rings. The number of halogens is 2. The first-order chi connectivity index (χ1) is 8.61. The van der Waals surface area contributed by atoms with Crippen molar-refractivity contribution in [3.05, 3.63) is 58.6 Å². The number of carbonyl (C=O) groups excluding carboxylic acids is 1. The number of hydrogen-bond acceptors (Lipinski definition) is 3. The van der Waals surface area contributed by atoms with Crippen LogP contribution in [0.3, 0.4) is 0 Å². The molecule has 2 rings (SSSR count). The van der Waals surface area contributed by atoms with E-state index in [0.717, 1.165) is 6.07 Å². The minimum Gasteiger partial charge on any atom is -0.495 e. The molecule has 0 atom stereocenters. The fourth-order valence-electron chi connectivity index (χ4n) is 1.48. The molecule has 0 N–H and O–H groups in total. The fourth-order valence-corrected chi connectivity index (χ4v) is 1.64. The molecule has 1 aromatic heterocycles. The van der Waals surface area contributed by atoms with Gasteiger partial charge < -0.3 is 4.74 Å². The summed E-state index contributed by atoms with van der Waals surface area (Å²) in [4.78, 5) is 15.9. The van der Waals surface area contributed by atoms with Crippen LogP contribution in [0.2, 0.25) is 5.02 Å². The zero-order valence-corrected chi connectivity index (χ0v) is 10.2. The largest absolute Gasteiger partial charge is 0.495 e. The number of rotatable bonds is 3. The molecule has 0 spiro atoms. The second-order valence-corrected chi connectivity index (χ2v) is 4.00. The van der Waals surface area contributed by atoms with Crippen molar-refractivity contribution < 1.29 is 13.9 Å². The number of benzene rings is 1. The molecule has 18 heavy (non-hydrogen) atoms. The Morgan fingerprint density at radius 3 is 2.78 bits per heavy atom. The van der Waals surface area contributed by atoms with Crippen LogP contribution in [0, 0.1) is 5.82 Å². The summed E-state index contributed by atoms with van der Waals surface area (Å²) in [5, 5.41) is 0.243. The van der Waals surface area contributed by atoms with E-state index in [1.54, 1.807) is 0 Å². The van der Waals surface area contributed by atoms with Crippen LogP contribution < -0.4 is 4.74 Å². The minimum atomic E-state index is -0.657. The van der Waals surface area contributed by atoms with E-state index in [9.17, 15) is 9.18 Å². The van der Waals surface area contributed by atoms with E-state index in [4.69, 9.17) is 16.3 Å². The average molecular weight is 266 g/mol. The summed E-state index contributed by atoms with van der Waals surface area (Å²) in [5.74, 6) is -0.680. The molecular weight excluding hydrogens is 257 g/mol. The molecule has 92 valence electrons. The van der Waals surface area contributed by atoms with Crippen LogP contribution in [-0.2, 0) is 0 Å².